The van der Waals surface area contributed by atoms with E-state index < -0.39 is 5.79 Å². The summed E-state index contributed by atoms with van der Waals surface area (Å²) in [6.07, 6.45) is 9.58. The minimum Gasteiger partial charge on any atom is -0.458 e. The summed E-state index contributed by atoms with van der Waals surface area (Å²) in [6, 6.07) is 0. The van der Waals surface area contributed by atoms with Gasteiger partial charge in [0.05, 0.1) is 36.8 Å². The lowest BCUT2D eigenvalue weighted by Crippen LogP contribution is -2.47. The van der Waals surface area contributed by atoms with Crippen molar-refractivity contribution in [2.75, 3.05) is 13.2 Å². The van der Waals surface area contributed by atoms with Gasteiger partial charge in [-0.15, -0.1) is 0 Å². The molecule has 1 fully saturated rings. The summed E-state index contributed by atoms with van der Waals surface area (Å²) in [6.45, 7) is 19.5. The molecule has 0 radical (unpaired) electrons. The van der Waals surface area contributed by atoms with Gasteiger partial charge in [-0.05, 0) is 26.7 Å². The SMILES string of the molecule is C=C(C)OC(C)(OC(=C)C)C(CCC)C(CCCCCCC)OCC1CO1. The molecule has 0 amide bonds. The summed E-state index contributed by atoms with van der Waals surface area (Å²) in [5.74, 6) is 0.562. The first-order chi connectivity index (χ1) is 12.8. The van der Waals surface area contributed by atoms with Gasteiger partial charge in [-0.1, -0.05) is 65.5 Å². The van der Waals surface area contributed by atoms with E-state index in [1.807, 2.05) is 20.8 Å². The highest BCUT2D eigenvalue weighted by Crippen LogP contribution is 2.37. The Kier molecular flexibility index (Phi) is 11.1. The number of allylic oxidation sites excluding steroid dienone is 2. The van der Waals surface area contributed by atoms with Crippen molar-refractivity contribution in [3.63, 3.8) is 0 Å². The lowest BCUT2D eigenvalue weighted by Gasteiger charge is -2.42. The van der Waals surface area contributed by atoms with Gasteiger partial charge in [0, 0.05) is 6.92 Å². The van der Waals surface area contributed by atoms with E-state index in [9.17, 15) is 0 Å². The van der Waals surface area contributed by atoms with Gasteiger partial charge in [-0.25, -0.2) is 0 Å². The molecule has 3 unspecified atom stereocenters. The van der Waals surface area contributed by atoms with Crippen LogP contribution in [-0.2, 0) is 18.9 Å². The molecule has 0 spiro atoms. The molecule has 1 heterocycles. The van der Waals surface area contributed by atoms with Gasteiger partial charge in [-0.2, -0.15) is 0 Å². The molecule has 0 bridgehead atoms. The lowest BCUT2D eigenvalue weighted by atomic mass is 9.85. The molecular weight excluding hydrogens is 340 g/mol. The summed E-state index contributed by atoms with van der Waals surface area (Å²) in [5, 5.41) is 0. The van der Waals surface area contributed by atoms with Crippen LogP contribution in [0.25, 0.3) is 0 Å². The molecule has 0 aromatic heterocycles. The molecule has 0 aromatic carbocycles. The van der Waals surface area contributed by atoms with Crippen LogP contribution >= 0.6 is 0 Å². The minimum atomic E-state index is -0.827. The normalized spacial score (nSPS) is 18.6. The van der Waals surface area contributed by atoms with Crippen molar-refractivity contribution in [3.8, 4) is 0 Å². The highest BCUT2D eigenvalue weighted by Gasteiger charge is 2.44. The molecule has 1 aliphatic rings. The smallest absolute Gasteiger partial charge is 0.252 e. The van der Waals surface area contributed by atoms with Crippen LogP contribution in [0.4, 0.5) is 0 Å². The number of unbranched alkanes of at least 4 members (excludes halogenated alkanes) is 4. The molecule has 1 saturated heterocycles. The maximum Gasteiger partial charge on any atom is 0.252 e. The molecule has 0 saturated carbocycles. The summed E-state index contributed by atoms with van der Waals surface area (Å²) in [5.41, 5.74) is 0. The Bertz CT molecular complexity index is 426. The average molecular weight is 383 g/mol. The van der Waals surface area contributed by atoms with Crippen LogP contribution < -0.4 is 0 Å². The second kappa shape index (κ2) is 12.5. The Balaban J connectivity index is 2.89. The van der Waals surface area contributed by atoms with Crippen LogP contribution in [0.5, 0.6) is 0 Å². The van der Waals surface area contributed by atoms with Crippen molar-refractivity contribution in [1.82, 2.24) is 0 Å². The predicted molar refractivity (Wildman–Crippen MR) is 111 cm³/mol. The van der Waals surface area contributed by atoms with Gasteiger partial charge in [-0.3, -0.25) is 0 Å². The van der Waals surface area contributed by atoms with Crippen LogP contribution in [-0.4, -0.2) is 31.2 Å². The van der Waals surface area contributed by atoms with Gasteiger partial charge >= 0.3 is 0 Å². The van der Waals surface area contributed by atoms with E-state index in [-0.39, 0.29) is 18.1 Å². The quantitative estimate of drug-likeness (QED) is 0.127. The largest absolute Gasteiger partial charge is 0.458 e. The number of epoxide rings is 1. The number of hydrogen-bond donors (Lipinski definition) is 0. The Morgan fingerprint density at radius 1 is 1.00 bits per heavy atom. The zero-order valence-electron chi connectivity index (χ0n) is 18.4. The molecule has 1 rings (SSSR count). The van der Waals surface area contributed by atoms with Crippen LogP contribution in [0.15, 0.2) is 24.7 Å². The molecule has 4 heteroatoms. The molecule has 1 aliphatic heterocycles. The van der Waals surface area contributed by atoms with E-state index in [0.29, 0.717) is 18.1 Å². The van der Waals surface area contributed by atoms with Crippen molar-refractivity contribution in [1.29, 1.82) is 0 Å². The molecule has 4 nitrogen and oxygen atoms in total. The highest BCUT2D eigenvalue weighted by atomic mass is 16.7. The summed E-state index contributed by atoms with van der Waals surface area (Å²) in [4.78, 5) is 0. The lowest BCUT2D eigenvalue weighted by molar-refractivity contribution is -0.238. The third-order valence-corrected chi connectivity index (χ3v) is 4.97. The minimum absolute atomic E-state index is 0.0690. The fourth-order valence-electron chi connectivity index (χ4n) is 3.71. The van der Waals surface area contributed by atoms with E-state index in [4.69, 9.17) is 18.9 Å². The number of rotatable bonds is 17. The fourth-order valence-corrected chi connectivity index (χ4v) is 3.71. The summed E-state index contributed by atoms with van der Waals surface area (Å²) < 4.78 is 24.0. The molecular formula is C23H42O4. The molecule has 158 valence electrons. The van der Waals surface area contributed by atoms with E-state index in [0.717, 1.165) is 32.3 Å². The van der Waals surface area contributed by atoms with Crippen molar-refractivity contribution in [3.05, 3.63) is 24.7 Å². The molecule has 0 aromatic rings. The first-order valence-electron chi connectivity index (χ1n) is 10.7. The molecule has 0 N–H and O–H groups in total. The maximum absolute atomic E-state index is 6.35. The highest BCUT2D eigenvalue weighted by molar-refractivity contribution is 4.92. The Morgan fingerprint density at radius 2 is 1.59 bits per heavy atom. The summed E-state index contributed by atoms with van der Waals surface area (Å²) in [7, 11) is 0. The topological polar surface area (TPSA) is 40.2 Å². The third-order valence-electron chi connectivity index (χ3n) is 4.97. The first-order valence-corrected chi connectivity index (χ1v) is 10.7. The van der Waals surface area contributed by atoms with Crippen molar-refractivity contribution >= 4 is 0 Å². The van der Waals surface area contributed by atoms with E-state index >= 15 is 0 Å². The van der Waals surface area contributed by atoms with Crippen LogP contribution in [0.1, 0.15) is 86.0 Å². The van der Waals surface area contributed by atoms with E-state index in [2.05, 4.69) is 27.0 Å². The zero-order chi connectivity index (χ0) is 20.3. The number of ether oxygens (including phenoxy) is 4. The van der Waals surface area contributed by atoms with Crippen molar-refractivity contribution in [2.45, 2.75) is 104 Å². The van der Waals surface area contributed by atoms with Crippen molar-refractivity contribution in [2.24, 2.45) is 5.92 Å². The molecule has 3 atom stereocenters. The standard InChI is InChI=1S/C23H42O4/c1-8-10-11-12-13-15-22(25-17-20-16-24-20)21(14-9-2)23(7,26-18(3)4)27-19(5)6/h20-22H,3,5,8-17H2,1-2,4,6-7H3. The first kappa shape index (κ1) is 24.0. The molecule has 27 heavy (non-hydrogen) atoms. The number of hydrogen-bond acceptors (Lipinski definition) is 4. The fraction of sp³-hybridized carbons (Fsp3) is 0.826. The van der Waals surface area contributed by atoms with Gasteiger partial charge in [0.2, 0.25) is 0 Å². The average Bonchev–Trinajstić information content (AvgIpc) is 3.38. The zero-order valence-corrected chi connectivity index (χ0v) is 18.4. The van der Waals surface area contributed by atoms with Crippen LogP contribution in [0.3, 0.4) is 0 Å². The van der Waals surface area contributed by atoms with E-state index in [1.54, 1.807) is 0 Å². The maximum atomic E-state index is 6.35. The van der Waals surface area contributed by atoms with Gasteiger partial charge in [0.25, 0.3) is 5.79 Å². The second-order valence-corrected chi connectivity index (χ2v) is 8.05. The van der Waals surface area contributed by atoms with Crippen LogP contribution in [0, 0.1) is 5.92 Å². The molecule has 0 aliphatic carbocycles. The monoisotopic (exact) mass is 382 g/mol. The van der Waals surface area contributed by atoms with Gasteiger partial charge in [0.15, 0.2) is 0 Å². The second-order valence-electron chi connectivity index (χ2n) is 8.05. The van der Waals surface area contributed by atoms with Gasteiger partial charge < -0.3 is 18.9 Å². The summed E-state index contributed by atoms with van der Waals surface area (Å²) >= 11 is 0. The van der Waals surface area contributed by atoms with E-state index in [1.165, 1.54) is 25.7 Å². The Hall–Kier alpha value is -1.00. The Morgan fingerprint density at radius 3 is 2.07 bits per heavy atom. The third kappa shape index (κ3) is 9.66. The van der Waals surface area contributed by atoms with Gasteiger partial charge in [0.1, 0.15) is 6.10 Å². The predicted octanol–water partition coefficient (Wildman–Crippen LogP) is 6.36. The Labute approximate surface area is 167 Å². The van der Waals surface area contributed by atoms with Crippen LogP contribution in [0.2, 0.25) is 0 Å². The van der Waals surface area contributed by atoms with Crippen molar-refractivity contribution < 1.29 is 18.9 Å².